The molecule has 5 heavy (non-hydrogen) atoms. The summed E-state index contributed by atoms with van der Waals surface area (Å²) < 4.78 is 0. The zero-order chi connectivity index (χ0) is 4.12. The molecule has 3 heteroatoms. The number of nitrogens with two attached hydrogens (primary N) is 1. The van der Waals surface area contributed by atoms with Crippen molar-refractivity contribution in [2.45, 2.75) is 0 Å². The van der Waals surface area contributed by atoms with Crippen molar-refractivity contribution in [3.05, 3.63) is 0 Å². The standard InChI is InChI=1S/C2H5N3/c3-1-5-2-4/h4H,1,3H2. The number of hydrogen-bond acceptors (Lipinski definition) is 3. The molecule has 0 amide bonds. The highest BCUT2D eigenvalue weighted by Crippen LogP contribution is 1.41. The molecule has 0 heterocycles. The van der Waals surface area contributed by atoms with Crippen molar-refractivity contribution in [1.29, 1.82) is 5.41 Å². The lowest BCUT2D eigenvalue weighted by Gasteiger charge is -1.62. The zero-order valence-electron chi connectivity index (χ0n) is 2.73. The normalized spacial score (nSPS) is 5.80. The van der Waals surface area contributed by atoms with Gasteiger partial charge >= 0.3 is 0 Å². The first-order chi connectivity index (χ1) is 2.41. The predicted octanol–water partition coefficient (Wildman–Crippen LogP) is -0.345. The Labute approximate surface area is 30.0 Å². The van der Waals surface area contributed by atoms with Crippen molar-refractivity contribution in [3.8, 4) is 0 Å². The molecule has 0 aromatic rings. The first-order valence-corrected chi connectivity index (χ1v) is 1.20. The van der Waals surface area contributed by atoms with Crippen molar-refractivity contribution in [3.63, 3.8) is 0 Å². The van der Waals surface area contributed by atoms with Gasteiger partial charge in [-0.05, 0) is 0 Å². The molecule has 28 valence electrons. The fourth-order valence-corrected chi connectivity index (χ4v) is 0.0456. The Hall–Kier alpha value is -0.660. The molecule has 0 bridgehead atoms. The average Bonchev–Trinajstić information content (AvgIpc) is 1.41. The monoisotopic (exact) mass is 71.0 g/mol. The van der Waals surface area contributed by atoms with Crippen LogP contribution in [0.1, 0.15) is 0 Å². The van der Waals surface area contributed by atoms with E-state index in [9.17, 15) is 0 Å². The van der Waals surface area contributed by atoms with Crippen molar-refractivity contribution >= 4 is 6.01 Å². The molecule has 0 aliphatic rings. The molecule has 3 nitrogen and oxygen atoms in total. The van der Waals surface area contributed by atoms with Gasteiger partial charge in [0.25, 0.3) is 0 Å². The Morgan fingerprint density at radius 1 is 2.00 bits per heavy atom. The smallest absolute Gasteiger partial charge is 0.0970 e. The van der Waals surface area contributed by atoms with Crippen LogP contribution in [0.15, 0.2) is 4.99 Å². The van der Waals surface area contributed by atoms with E-state index >= 15 is 0 Å². The maximum absolute atomic E-state index is 6.11. The Bertz CT molecular complexity index is 51.9. The summed E-state index contributed by atoms with van der Waals surface area (Å²) in [6.07, 6.45) is 0. The van der Waals surface area contributed by atoms with Crippen LogP contribution in [0.5, 0.6) is 0 Å². The van der Waals surface area contributed by atoms with E-state index in [-0.39, 0.29) is 6.67 Å². The topological polar surface area (TPSA) is 62.2 Å². The van der Waals surface area contributed by atoms with Crippen LogP contribution in [0, 0.1) is 5.41 Å². The summed E-state index contributed by atoms with van der Waals surface area (Å²) in [6.45, 7) is 0.170. The van der Waals surface area contributed by atoms with Crippen LogP contribution in [0.4, 0.5) is 0 Å². The number of aliphatic imine (C=N–C) groups is 1. The molecule has 0 aromatic carbocycles. The van der Waals surface area contributed by atoms with Crippen molar-refractivity contribution in [2.24, 2.45) is 10.7 Å². The molecule has 0 aromatic heterocycles. The summed E-state index contributed by atoms with van der Waals surface area (Å²) in [5.74, 6) is 0. The predicted molar refractivity (Wildman–Crippen MR) is 19.2 cm³/mol. The lowest BCUT2D eigenvalue weighted by Crippen LogP contribution is -1.91. The van der Waals surface area contributed by atoms with Crippen LogP contribution in [0.2, 0.25) is 0 Å². The summed E-state index contributed by atoms with van der Waals surface area (Å²) in [4.78, 5) is 3.17. The SMILES string of the molecule is N=C=NCN. The van der Waals surface area contributed by atoms with Gasteiger partial charge in [0.15, 0.2) is 0 Å². The van der Waals surface area contributed by atoms with E-state index in [0.717, 1.165) is 0 Å². The van der Waals surface area contributed by atoms with Crippen molar-refractivity contribution in [1.82, 2.24) is 0 Å². The summed E-state index contributed by atoms with van der Waals surface area (Å²) in [5, 5.41) is 6.11. The fraction of sp³-hybridized carbons (Fsp3) is 0.500. The van der Waals surface area contributed by atoms with Gasteiger partial charge in [0.2, 0.25) is 0 Å². The van der Waals surface area contributed by atoms with Crippen molar-refractivity contribution < 1.29 is 0 Å². The molecule has 0 atom stereocenters. The third-order valence-corrected chi connectivity index (χ3v) is 0.170. The molecule has 0 rings (SSSR count). The molecule has 0 radical (unpaired) electrons. The lowest BCUT2D eigenvalue weighted by molar-refractivity contribution is 1.08. The Balaban J connectivity index is 2.93. The molecule has 0 aliphatic heterocycles. The van der Waals surface area contributed by atoms with Gasteiger partial charge in [0, 0.05) is 0 Å². The Kier molecular flexibility index (Phi) is 2.90. The van der Waals surface area contributed by atoms with Crippen LogP contribution in [-0.4, -0.2) is 12.7 Å². The lowest BCUT2D eigenvalue weighted by atomic mass is 11.2. The van der Waals surface area contributed by atoms with Crippen LogP contribution in [0.25, 0.3) is 0 Å². The van der Waals surface area contributed by atoms with Crippen LogP contribution in [-0.2, 0) is 0 Å². The van der Waals surface area contributed by atoms with Gasteiger partial charge < -0.3 is 5.73 Å². The second kappa shape index (κ2) is 3.34. The summed E-state index contributed by atoms with van der Waals surface area (Å²) in [6, 6.07) is 1.77. The van der Waals surface area contributed by atoms with Crippen LogP contribution >= 0.6 is 0 Å². The number of nitrogens with one attached hydrogen (secondary N) is 1. The van der Waals surface area contributed by atoms with Gasteiger partial charge in [-0.3, -0.25) is 0 Å². The quantitative estimate of drug-likeness (QED) is 0.408. The van der Waals surface area contributed by atoms with E-state index in [4.69, 9.17) is 11.1 Å². The van der Waals surface area contributed by atoms with E-state index < -0.39 is 0 Å². The molecule has 0 saturated carbocycles. The minimum Gasteiger partial charge on any atom is -0.312 e. The first kappa shape index (κ1) is 4.34. The third-order valence-electron chi connectivity index (χ3n) is 0.170. The molecule has 0 spiro atoms. The average molecular weight is 71.1 g/mol. The van der Waals surface area contributed by atoms with Gasteiger partial charge in [-0.2, -0.15) is 0 Å². The minimum atomic E-state index is 0.170. The Morgan fingerprint density at radius 3 is 2.60 bits per heavy atom. The highest BCUT2D eigenvalue weighted by Gasteiger charge is 1.47. The van der Waals surface area contributed by atoms with Crippen LogP contribution in [0.3, 0.4) is 0 Å². The molecular formula is C2H5N3. The molecule has 3 N–H and O–H groups in total. The second-order valence-electron chi connectivity index (χ2n) is 0.452. The third kappa shape index (κ3) is 3.34. The largest absolute Gasteiger partial charge is 0.312 e. The highest BCUT2D eigenvalue weighted by atomic mass is 14.8. The van der Waals surface area contributed by atoms with E-state index in [1.54, 1.807) is 6.01 Å². The first-order valence-electron chi connectivity index (χ1n) is 1.20. The summed E-state index contributed by atoms with van der Waals surface area (Å²) >= 11 is 0. The maximum atomic E-state index is 6.11. The van der Waals surface area contributed by atoms with Gasteiger partial charge in [-0.1, -0.05) is 0 Å². The van der Waals surface area contributed by atoms with Gasteiger partial charge in [0.05, 0.1) is 12.7 Å². The maximum Gasteiger partial charge on any atom is 0.0970 e. The molecular weight excluding hydrogens is 66.0 g/mol. The van der Waals surface area contributed by atoms with E-state index in [2.05, 4.69) is 4.99 Å². The van der Waals surface area contributed by atoms with E-state index in [0.29, 0.717) is 0 Å². The van der Waals surface area contributed by atoms with Gasteiger partial charge in [-0.15, -0.1) is 0 Å². The second-order valence-corrected chi connectivity index (χ2v) is 0.452. The van der Waals surface area contributed by atoms with Crippen molar-refractivity contribution in [2.75, 3.05) is 6.67 Å². The highest BCUT2D eigenvalue weighted by molar-refractivity contribution is 5.35. The number of rotatable bonds is 1. The van der Waals surface area contributed by atoms with E-state index in [1.807, 2.05) is 0 Å². The molecule has 0 aliphatic carbocycles. The summed E-state index contributed by atoms with van der Waals surface area (Å²) in [7, 11) is 0. The van der Waals surface area contributed by atoms with E-state index in [1.165, 1.54) is 0 Å². The number of nitrogens with zero attached hydrogens (tertiary/aromatic N) is 1. The fourth-order valence-electron chi connectivity index (χ4n) is 0.0456. The van der Waals surface area contributed by atoms with Gasteiger partial charge in [0.1, 0.15) is 0 Å². The Morgan fingerprint density at radius 2 is 2.60 bits per heavy atom. The minimum absolute atomic E-state index is 0.170. The van der Waals surface area contributed by atoms with Gasteiger partial charge in [-0.25, -0.2) is 10.4 Å². The molecule has 0 saturated heterocycles. The summed E-state index contributed by atoms with van der Waals surface area (Å²) in [5.41, 5.74) is 4.79. The molecule has 0 fully saturated rings. The van der Waals surface area contributed by atoms with Crippen LogP contribution < -0.4 is 5.73 Å². The molecule has 0 unspecified atom stereocenters. The number of hydrogen-bond donors (Lipinski definition) is 2. The zero-order valence-corrected chi connectivity index (χ0v) is 2.73.